The number of alkyl carbamates (subject to hydrolysis) is 1. The molecule has 19 heteroatoms. The van der Waals surface area contributed by atoms with Gasteiger partial charge in [-0.05, 0) is 36.8 Å². The van der Waals surface area contributed by atoms with Gasteiger partial charge in [-0.2, -0.15) is 13.2 Å². The Labute approximate surface area is 358 Å². The molecule has 0 spiro atoms. The number of alkyl halides is 3. The maximum atomic E-state index is 14.5. The third-order valence-electron chi connectivity index (χ3n) is 11.2. The van der Waals surface area contributed by atoms with Crippen LogP contribution >= 0.6 is 0 Å². The molecule has 63 heavy (non-hydrogen) atoms. The average molecular weight is 863 g/mol. The smallest absolute Gasteiger partial charge is 0.433 e. The van der Waals surface area contributed by atoms with Crippen LogP contribution in [0, 0.1) is 0 Å². The van der Waals surface area contributed by atoms with Crippen molar-refractivity contribution < 1.29 is 42.2 Å². The zero-order valence-electron chi connectivity index (χ0n) is 33.7. The van der Waals surface area contributed by atoms with Gasteiger partial charge in [0.1, 0.15) is 35.1 Å². The normalized spacial score (nSPS) is 17.3. The van der Waals surface area contributed by atoms with E-state index in [2.05, 4.69) is 40.5 Å². The number of carboxylic acid groups (broad SMARTS) is 1. The SMILES string of the molecule is COC(=O)N[C@@H](C(=O)N1CCC[C@H]1c1ncc(-c2cnc(-c3ccc(-c4nc([C@@H]5CCCN5C(=O)[C@H](NC(=O)O)c5ccccc5)[nH]c4C(F)(F)F)cc3)nc2)[nH]1)c1ccccc1. The van der Waals surface area contributed by atoms with Gasteiger partial charge >= 0.3 is 18.4 Å². The zero-order chi connectivity index (χ0) is 44.3. The second kappa shape index (κ2) is 17.8. The quantitative estimate of drug-likeness (QED) is 0.0873. The number of amides is 4. The topological polar surface area (TPSA) is 211 Å². The van der Waals surface area contributed by atoms with Gasteiger partial charge in [0.05, 0.1) is 31.1 Å². The van der Waals surface area contributed by atoms with Crippen LogP contribution in [-0.4, -0.2) is 89.0 Å². The second-order valence-corrected chi connectivity index (χ2v) is 15.1. The molecule has 2 fully saturated rings. The molecule has 8 rings (SSSR count). The van der Waals surface area contributed by atoms with Gasteiger partial charge in [-0.3, -0.25) is 9.59 Å². The highest BCUT2D eigenvalue weighted by Gasteiger charge is 2.42. The lowest BCUT2D eigenvalue weighted by Crippen LogP contribution is -2.42. The number of carbonyl (C=O) groups is 4. The summed E-state index contributed by atoms with van der Waals surface area (Å²) in [4.78, 5) is 78.3. The number of carbonyl (C=O) groups excluding carboxylic acids is 3. The predicted octanol–water partition coefficient (Wildman–Crippen LogP) is 7.38. The van der Waals surface area contributed by atoms with Gasteiger partial charge < -0.3 is 40.2 Å². The van der Waals surface area contributed by atoms with Crippen molar-refractivity contribution in [3.63, 3.8) is 0 Å². The highest BCUT2D eigenvalue weighted by Crippen LogP contribution is 2.41. The van der Waals surface area contributed by atoms with Crippen LogP contribution in [0.15, 0.2) is 104 Å². The van der Waals surface area contributed by atoms with Crippen LogP contribution in [0.25, 0.3) is 33.9 Å². The van der Waals surface area contributed by atoms with Crippen LogP contribution in [0.1, 0.15) is 78.3 Å². The minimum atomic E-state index is -4.81. The summed E-state index contributed by atoms with van der Waals surface area (Å²) in [6.45, 7) is 0.666. The number of H-pyrrole nitrogens is 2. The van der Waals surface area contributed by atoms with Crippen molar-refractivity contribution in [1.29, 1.82) is 0 Å². The first-order chi connectivity index (χ1) is 30.4. The number of likely N-dealkylation sites (tertiary alicyclic amines) is 2. The van der Waals surface area contributed by atoms with Gasteiger partial charge in [-0.25, -0.2) is 29.5 Å². The molecule has 6 aromatic rings. The number of nitrogens with one attached hydrogen (secondary N) is 4. The molecule has 4 amide bonds. The first-order valence-corrected chi connectivity index (χ1v) is 20.1. The molecule has 3 aromatic heterocycles. The predicted molar refractivity (Wildman–Crippen MR) is 220 cm³/mol. The van der Waals surface area contributed by atoms with E-state index in [1.54, 1.807) is 90.2 Å². The Hall–Kier alpha value is -7.57. The standard InChI is InChI=1S/C44H41F3N10O6/c1-63-43(62)54-35(26-12-6-3-7-13-26)41(59)56-20-8-14-31(56)38-50-24-30(51-38)29-22-48-37(49-23-29)28-18-16-27(17-19-28)33-36(44(45,46)47)55-39(52-33)32-15-9-21-57(32)40(58)34(53-42(60)61)25-10-4-2-5-11-25/h2-7,10-13,16-19,22-24,31-32,34-35,53H,8-9,14-15,20-21H2,1H3,(H,50,51)(H,52,55)(H,54,62)(H,60,61)/t31-,32-,34+,35+/m0/s1. The molecule has 4 atom stereocenters. The Morgan fingerprint density at radius 2 is 1.25 bits per heavy atom. The number of nitrogens with zero attached hydrogens (tertiary/aromatic N) is 6. The van der Waals surface area contributed by atoms with E-state index in [-0.39, 0.29) is 35.6 Å². The minimum Gasteiger partial charge on any atom is -0.465 e. The fraction of sp³-hybridized carbons (Fsp3) is 0.273. The maximum Gasteiger partial charge on any atom is 0.433 e. The summed E-state index contributed by atoms with van der Waals surface area (Å²) in [5, 5.41) is 14.4. The number of imidazole rings is 2. The molecule has 0 bridgehead atoms. The maximum absolute atomic E-state index is 14.5. The van der Waals surface area contributed by atoms with Gasteiger partial charge in [0.15, 0.2) is 5.82 Å². The molecular formula is C44H41F3N10O6. The van der Waals surface area contributed by atoms with Gasteiger partial charge in [-0.1, -0.05) is 84.9 Å². The highest BCUT2D eigenvalue weighted by molar-refractivity contribution is 5.88. The molecule has 0 radical (unpaired) electrons. The van der Waals surface area contributed by atoms with Crippen LogP contribution in [0.2, 0.25) is 0 Å². The fourth-order valence-corrected chi connectivity index (χ4v) is 8.14. The van der Waals surface area contributed by atoms with E-state index in [0.29, 0.717) is 65.4 Å². The van der Waals surface area contributed by atoms with Crippen molar-refractivity contribution in [2.45, 2.75) is 56.0 Å². The lowest BCUT2D eigenvalue weighted by atomic mass is 10.1. The number of methoxy groups -OCH3 is 1. The molecule has 0 aliphatic carbocycles. The minimum absolute atomic E-state index is 0.0607. The summed E-state index contributed by atoms with van der Waals surface area (Å²) in [5.41, 5.74) is 1.47. The van der Waals surface area contributed by atoms with Crippen molar-refractivity contribution in [1.82, 2.24) is 50.3 Å². The average Bonchev–Trinajstić information content (AvgIpc) is 4.14. The lowest BCUT2D eigenvalue weighted by molar-refractivity contribution is -0.140. The molecule has 16 nitrogen and oxygen atoms in total. The molecule has 2 aliphatic rings. The van der Waals surface area contributed by atoms with Crippen LogP contribution in [-0.2, 0) is 20.5 Å². The van der Waals surface area contributed by atoms with Crippen LogP contribution < -0.4 is 10.6 Å². The number of hydrogen-bond donors (Lipinski definition) is 5. The molecule has 324 valence electrons. The molecule has 2 saturated heterocycles. The van der Waals surface area contributed by atoms with Gasteiger partial charge in [0, 0.05) is 42.2 Å². The van der Waals surface area contributed by atoms with Gasteiger partial charge in [0.25, 0.3) is 11.8 Å². The molecular weight excluding hydrogens is 822 g/mol. The third kappa shape index (κ3) is 8.93. The zero-order valence-corrected chi connectivity index (χ0v) is 33.7. The largest absolute Gasteiger partial charge is 0.465 e. The third-order valence-corrected chi connectivity index (χ3v) is 11.2. The molecule has 5 N–H and O–H groups in total. The summed E-state index contributed by atoms with van der Waals surface area (Å²) < 4.78 is 48.3. The number of aromatic nitrogens is 6. The lowest BCUT2D eigenvalue weighted by Gasteiger charge is -2.28. The van der Waals surface area contributed by atoms with Crippen molar-refractivity contribution in [3.05, 3.63) is 132 Å². The summed E-state index contributed by atoms with van der Waals surface area (Å²) in [7, 11) is 1.23. The Morgan fingerprint density at radius 3 is 1.79 bits per heavy atom. The van der Waals surface area contributed by atoms with Crippen molar-refractivity contribution in [2.24, 2.45) is 0 Å². The number of aromatic amines is 2. The Kier molecular flexibility index (Phi) is 11.9. The van der Waals surface area contributed by atoms with Crippen LogP contribution in [0.4, 0.5) is 22.8 Å². The van der Waals surface area contributed by atoms with Crippen molar-refractivity contribution in [2.75, 3.05) is 20.2 Å². The van der Waals surface area contributed by atoms with Crippen LogP contribution in [0.3, 0.4) is 0 Å². The summed E-state index contributed by atoms with van der Waals surface area (Å²) >= 11 is 0. The van der Waals surface area contributed by atoms with E-state index in [1.807, 2.05) is 6.07 Å². The van der Waals surface area contributed by atoms with E-state index in [1.165, 1.54) is 24.1 Å². The molecule has 0 unspecified atom stereocenters. The van der Waals surface area contributed by atoms with Crippen molar-refractivity contribution in [3.8, 4) is 33.9 Å². The Balaban J connectivity index is 0.982. The van der Waals surface area contributed by atoms with E-state index >= 15 is 0 Å². The summed E-state index contributed by atoms with van der Waals surface area (Å²) in [6.07, 6.45) is 0.000981. The second-order valence-electron chi connectivity index (χ2n) is 15.1. The highest BCUT2D eigenvalue weighted by atomic mass is 19.4. The molecule has 0 saturated carbocycles. The number of benzene rings is 3. The number of hydrogen-bond acceptors (Lipinski definition) is 9. The molecule has 2 aliphatic heterocycles. The van der Waals surface area contributed by atoms with E-state index < -0.39 is 48.1 Å². The Bertz CT molecular complexity index is 2590. The van der Waals surface area contributed by atoms with E-state index in [4.69, 9.17) is 4.74 Å². The Morgan fingerprint density at radius 1 is 0.714 bits per heavy atom. The van der Waals surface area contributed by atoms with Crippen LogP contribution in [0.5, 0.6) is 0 Å². The van der Waals surface area contributed by atoms with Gasteiger partial charge in [0.2, 0.25) is 0 Å². The summed E-state index contributed by atoms with van der Waals surface area (Å²) in [5.74, 6) is -0.0973. The number of ether oxygens (including phenoxy) is 1. The monoisotopic (exact) mass is 862 g/mol. The number of rotatable bonds is 11. The van der Waals surface area contributed by atoms with Gasteiger partial charge in [-0.15, -0.1) is 0 Å². The first kappa shape index (κ1) is 42.1. The molecule has 5 heterocycles. The number of halogens is 3. The fourth-order valence-electron chi connectivity index (χ4n) is 8.14. The van der Waals surface area contributed by atoms with E-state index in [0.717, 1.165) is 6.42 Å². The molecule has 3 aromatic carbocycles. The van der Waals surface area contributed by atoms with Crippen molar-refractivity contribution >= 4 is 24.0 Å². The van der Waals surface area contributed by atoms with E-state index in [9.17, 15) is 37.5 Å². The summed E-state index contributed by atoms with van der Waals surface area (Å²) in [6, 6.07) is 19.8. The first-order valence-electron chi connectivity index (χ1n) is 20.1.